The van der Waals surface area contributed by atoms with Crippen molar-refractivity contribution < 1.29 is 14.3 Å². The van der Waals surface area contributed by atoms with Gasteiger partial charge in [-0.2, -0.15) is 0 Å². The van der Waals surface area contributed by atoms with Crippen LogP contribution in [0, 0.1) is 0 Å². The maximum atomic E-state index is 12.7. The lowest BCUT2D eigenvalue weighted by atomic mass is 9.95. The molecule has 1 heterocycles. The van der Waals surface area contributed by atoms with Crippen LogP contribution in [0.15, 0.2) is 30.5 Å². The first kappa shape index (κ1) is 19.3. The van der Waals surface area contributed by atoms with Crippen LogP contribution in [0.25, 0.3) is 0 Å². The molecular weight excluding hydrogens is 366 g/mol. The molecule has 0 unspecified atom stereocenters. The van der Waals surface area contributed by atoms with Crippen LogP contribution >= 0.6 is 11.6 Å². The van der Waals surface area contributed by atoms with Crippen molar-refractivity contribution in [3.05, 3.63) is 41.0 Å². The number of rotatable bonds is 6. The summed E-state index contributed by atoms with van der Waals surface area (Å²) in [5.74, 6) is 1.38. The minimum absolute atomic E-state index is 0.258. The monoisotopic (exact) mass is 389 g/mol. The number of carbonyl (C=O) groups excluding carboxylic acids is 1. The normalized spacial score (nSPS) is 14.5. The summed E-state index contributed by atoms with van der Waals surface area (Å²) in [6.45, 7) is 0. The molecule has 1 aromatic heterocycles. The van der Waals surface area contributed by atoms with E-state index < -0.39 is 0 Å². The molecule has 0 aliphatic heterocycles. The zero-order chi connectivity index (χ0) is 19.2. The number of amides is 1. The van der Waals surface area contributed by atoms with Gasteiger partial charge in [0, 0.05) is 29.9 Å². The van der Waals surface area contributed by atoms with Crippen molar-refractivity contribution in [2.75, 3.05) is 24.9 Å². The second-order valence-electron chi connectivity index (χ2n) is 6.55. The van der Waals surface area contributed by atoms with Gasteiger partial charge >= 0.3 is 0 Å². The molecule has 0 saturated heterocycles. The van der Waals surface area contributed by atoms with Crippen LogP contribution in [-0.2, 0) is 0 Å². The molecule has 0 radical (unpaired) electrons. The Kier molecular flexibility index (Phi) is 6.40. The summed E-state index contributed by atoms with van der Waals surface area (Å²) >= 11 is 6.11. The number of aromatic nitrogens is 1. The zero-order valence-electron chi connectivity index (χ0n) is 15.5. The molecule has 0 atom stereocenters. The molecule has 1 aliphatic rings. The fraction of sp³-hybridized carbons (Fsp3) is 0.400. The Morgan fingerprint density at radius 3 is 2.56 bits per heavy atom. The molecule has 6 nitrogen and oxygen atoms in total. The van der Waals surface area contributed by atoms with Gasteiger partial charge in [0.25, 0.3) is 5.91 Å². The topological polar surface area (TPSA) is 72.5 Å². The lowest BCUT2D eigenvalue weighted by molar-refractivity contribution is 0.102. The van der Waals surface area contributed by atoms with Gasteiger partial charge in [0.1, 0.15) is 17.3 Å². The summed E-state index contributed by atoms with van der Waals surface area (Å²) in [4.78, 5) is 17.1. The van der Waals surface area contributed by atoms with Gasteiger partial charge in [-0.25, -0.2) is 4.98 Å². The largest absolute Gasteiger partial charge is 0.495 e. The number of carbonyl (C=O) groups is 1. The lowest BCUT2D eigenvalue weighted by Gasteiger charge is -2.23. The van der Waals surface area contributed by atoms with Crippen LogP contribution in [0.4, 0.5) is 11.5 Å². The Balaban J connectivity index is 1.75. The van der Waals surface area contributed by atoms with Crippen LogP contribution < -0.4 is 20.1 Å². The van der Waals surface area contributed by atoms with Crippen LogP contribution in [0.1, 0.15) is 42.5 Å². The van der Waals surface area contributed by atoms with E-state index in [1.807, 2.05) is 0 Å². The summed E-state index contributed by atoms with van der Waals surface area (Å²) in [5.41, 5.74) is 1.00. The quantitative estimate of drug-likeness (QED) is 0.745. The Hall–Kier alpha value is -2.47. The van der Waals surface area contributed by atoms with Crippen molar-refractivity contribution in [1.29, 1.82) is 0 Å². The number of ether oxygens (including phenoxy) is 2. The minimum Gasteiger partial charge on any atom is -0.495 e. The molecular formula is C20H24ClN3O3. The van der Waals surface area contributed by atoms with Gasteiger partial charge in [-0.3, -0.25) is 4.79 Å². The highest BCUT2D eigenvalue weighted by atomic mass is 35.5. The predicted octanol–water partition coefficient (Wildman–Crippen LogP) is 4.75. The maximum Gasteiger partial charge on any atom is 0.255 e. The standard InChI is InChI=1S/C20H24ClN3O3/c1-26-17-12-16(18(27-2)11-15(17)21)24-20(25)13-8-9-22-19(10-13)23-14-6-4-3-5-7-14/h8-12,14H,3-7H2,1-2H3,(H,22,23)(H,24,25). The van der Waals surface area contributed by atoms with Crippen LogP contribution in [0.2, 0.25) is 5.02 Å². The van der Waals surface area contributed by atoms with Crippen molar-refractivity contribution >= 4 is 29.0 Å². The van der Waals surface area contributed by atoms with Crippen molar-refractivity contribution in [2.45, 2.75) is 38.1 Å². The summed E-state index contributed by atoms with van der Waals surface area (Å²) in [6.07, 6.45) is 7.67. The number of hydrogen-bond acceptors (Lipinski definition) is 5. The molecule has 144 valence electrons. The van der Waals surface area contributed by atoms with Gasteiger partial charge in [-0.1, -0.05) is 30.9 Å². The number of benzene rings is 1. The Bertz CT molecular complexity index is 807. The van der Waals surface area contributed by atoms with Crippen LogP contribution in [0.3, 0.4) is 0 Å². The average molecular weight is 390 g/mol. The molecule has 27 heavy (non-hydrogen) atoms. The van der Waals surface area contributed by atoms with E-state index in [0.29, 0.717) is 33.8 Å². The third-order valence-electron chi connectivity index (χ3n) is 4.70. The first-order valence-corrected chi connectivity index (χ1v) is 9.44. The van der Waals surface area contributed by atoms with Crippen LogP contribution in [-0.4, -0.2) is 31.2 Å². The summed E-state index contributed by atoms with van der Waals surface area (Å²) in [7, 11) is 3.04. The Morgan fingerprint density at radius 2 is 1.85 bits per heavy atom. The van der Waals surface area contributed by atoms with Crippen molar-refractivity contribution in [1.82, 2.24) is 4.98 Å². The summed E-state index contributed by atoms with van der Waals surface area (Å²) < 4.78 is 10.5. The second-order valence-corrected chi connectivity index (χ2v) is 6.96. The summed E-state index contributed by atoms with van der Waals surface area (Å²) in [6, 6.07) is 7.12. The molecule has 1 aliphatic carbocycles. The van der Waals surface area contributed by atoms with Crippen LogP contribution in [0.5, 0.6) is 11.5 Å². The van der Waals surface area contributed by atoms with E-state index in [0.717, 1.165) is 18.7 Å². The number of nitrogens with zero attached hydrogens (tertiary/aromatic N) is 1. The van der Waals surface area contributed by atoms with Gasteiger partial charge in [-0.15, -0.1) is 0 Å². The molecule has 2 aromatic rings. The van der Waals surface area contributed by atoms with E-state index in [9.17, 15) is 4.79 Å². The summed E-state index contributed by atoms with van der Waals surface area (Å²) in [5, 5.41) is 6.70. The van der Waals surface area contributed by atoms with Gasteiger partial charge in [0.05, 0.1) is 24.9 Å². The molecule has 0 bridgehead atoms. The van der Waals surface area contributed by atoms with E-state index in [4.69, 9.17) is 21.1 Å². The number of nitrogens with one attached hydrogen (secondary N) is 2. The van der Waals surface area contributed by atoms with E-state index in [1.165, 1.54) is 33.5 Å². The number of halogens is 1. The molecule has 3 rings (SSSR count). The second kappa shape index (κ2) is 8.95. The van der Waals surface area contributed by atoms with E-state index in [1.54, 1.807) is 30.5 Å². The fourth-order valence-electron chi connectivity index (χ4n) is 3.26. The zero-order valence-corrected chi connectivity index (χ0v) is 16.3. The van der Waals surface area contributed by atoms with E-state index in [2.05, 4.69) is 15.6 Å². The molecule has 1 aromatic carbocycles. The predicted molar refractivity (Wildman–Crippen MR) is 107 cm³/mol. The molecule has 0 spiro atoms. The van der Waals surface area contributed by atoms with Gasteiger partial charge in [-0.05, 0) is 25.0 Å². The smallest absolute Gasteiger partial charge is 0.255 e. The first-order valence-electron chi connectivity index (χ1n) is 9.06. The Labute approximate surface area is 164 Å². The maximum absolute atomic E-state index is 12.7. The number of pyridine rings is 1. The molecule has 1 amide bonds. The highest BCUT2D eigenvalue weighted by Crippen LogP contribution is 2.36. The van der Waals surface area contributed by atoms with E-state index >= 15 is 0 Å². The molecule has 7 heteroatoms. The highest BCUT2D eigenvalue weighted by molar-refractivity contribution is 6.32. The first-order chi connectivity index (χ1) is 13.1. The van der Waals surface area contributed by atoms with Crippen molar-refractivity contribution in [2.24, 2.45) is 0 Å². The highest BCUT2D eigenvalue weighted by Gasteiger charge is 2.16. The minimum atomic E-state index is -0.258. The third kappa shape index (κ3) is 4.83. The average Bonchev–Trinajstić information content (AvgIpc) is 2.70. The van der Waals surface area contributed by atoms with Crippen molar-refractivity contribution in [3.63, 3.8) is 0 Å². The fourth-order valence-corrected chi connectivity index (χ4v) is 3.49. The van der Waals surface area contributed by atoms with Gasteiger partial charge in [0.15, 0.2) is 0 Å². The van der Waals surface area contributed by atoms with Gasteiger partial charge < -0.3 is 20.1 Å². The SMILES string of the molecule is COc1cc(NC(=O)c2ccnc(NC3CCCCC3)c2)c(OC)cc1Cl. The number of anilines is 2. The molecule has 1 fully saturated rings. The Morgan fingerprint density at radius 1 is 1.11 bits per heavy atom. The third-order valence-corrected chi connectivity index (χ3v) is 5.00. The molecule has 2 N–H and O–H groups in total. The van der Waals surface area contributed by atoms with Gasteiger partial charge in [0.2, 0.25) is 0 Å². The van der Waals surface area contributed by atoms with E-state index in [-0.39, 0.29) is 5.91 Å². The van der Waals surface area contributed by atoms with Crippen molar-refractivity contribution in [3.8, 4) is 11.5 Å². The lowest BCUT2D eigenvalue weighted by Crippen LogP contribution is -2.23. The molecule has 1 saturated carbocycles. The number of methoxy groups -OCH3 is 2. The number of hydrogen-bond donors (Lipinski definition) is 2.